The summed E-state index contributed by atoms with van der Waals surface area (Å²) in [5, 5.41) is 0. The van der Waals surface area contributed by atoms with Crippen molar-refractivity contribution in [2.75, 3.05) is 19.8 Å². The third-order valence-electron chi connectivity index (χ3n) is 4.42. The zero-order valence-corrected chi connectivity index (χ0v) is 11.7. The fourth-order valence-electron chi connectivity index (χ4n) is 3.54. The van der Waals surface area contributed by atoms with E-state index in [9.17, 15) is 4.79 Å². The molecule has 2 rings (SSSR count). The van der Waals surface area contributed by atoms with E-state index in [1.165, 1.54) is 6.42 Å². The molecule has 2 fully saturated rings. The quantitative estimate of drug-likeness (QED) is 0.773. The van der Waals surface area contributed by atoms with Gasteiger partial charge in [-0.05, 0) is 44.9 Å². The molecule has 0 spiro atoms. The van der Waals surface area contributed by atoms with E-state index in [2.05, 4.69) is 6.92 Å². The minimum absolute atomic E-state index is 0.163. The summed E-state index contributed by atoms with van der Waals surface area (Å²) in [7, 11) is 0. The SMILES string of the molecule is CCOC1(C(=O)C2CCOCC2)CCCC(C)C1. The topological polar surface area (TPSA) is 35.5 Å². The van der Waals surface area contributed by atoms with Crippen molar-refractivity contribution >= 4 is 5.78 Å². The predicted octanol–water partition coefficient (Wildman–Crippen LogP) is 2.97. The summed E-state index contributed by atoms with van der Waals surface area (Å²) < 4.78 is 11.3. The molecule has 3 nitrogen and oxygen atoms in total. The second-order valence-electron chi connectivity index (χ2n) is 5.88. The van der Waals surface area contributed by atoms with Gasteiger partial charge in [-0.2, -0.15) is 0 Å². The Labute approximate surface area is 110 Å². The molecule has 2 atom stereocenters. The summed E-state index contributed by atoms with van der Waals surface area (Å²) in [5.74, 6) is 1.13. The van der Waals surface area contributed by atoms with E-state index in [4.69, 9.17) is 9.47 Å². The average Bonchev–Trinajstić information content (AvgIpc) is 2.39. The van der Waals surface area contributed by atoms with Crippen molar-refractivity contribution in [1.29, 1.82) is 0 Å². The van der Waals surface area contributed by atoms with Crippen molar-refractivity contribution in [3.05, 3.63) is 0 Å². The Morgan fingerprint density at radius 1 is 1.33 bits per heavy atom. The first-order valence-electron chi connectivity index (χ1n) is 7.44. The van der Waals surface area contributed by atoms with Gasteiger partial charge < -0.3 is 9.47 Å². The lowest BCUT2D eigenvalue weighted by atomic mass is 9.72. The molecule has 0 aromatic carbocycles. The molecule has 3 heteroatoms. The number of carbonyl (C=O) groups is 1. The fraction of sp³-hybridized carbons (Fsp3) is 0.933. The Kier molecular flexibility index (Phi) is 4.79. The van der Waals surface area contributed by atoms with Crippen LogP contribution in [-0.4, -0.2) is 31.2 Å². The van der Waals surface area contributed by atoms with Crippen LogP contribution in [0.3, 0.4) is 0 Å². The standard InChI is InChI=1S/C15H26O3/c1-3-18-15(8-4-5-12(2)11-15)14(16)13-6-9-17-10-7-13/h12-13H,3-11H2,1-2H3. The van der Waals surface area contributed by atoms with Gasteiger partial charge in [0.05, 0.1) is 0 Å². The zero-order chi connectivity index (χ0) is 13.0. The number of ether oxygens (including phenoxy) is 2. The Bertz CT molecular complexity index is 279. The van der Waals surface area contributed by atoms with Gasteiger partial charge in [-0.15, -0.1) is 0 Å². The van der Waals surface area contributed by atoms with Crippen molar-refractivity contribution in [1.82, 2.24) is 0 Å². The number of hydrogen-bond acceptors (Lipinski definition) is 3. The molecule has 18 heavy (non-hydrogen) atoms. The van der Waals surface area contributed by atoms with Crippen molar-refractivity contribution in [2.45, 2.75) is 58.0 Å². The largest absolute Gasteiger partial charge is 0.381 e. The van der Waals surface area contributed by atoms with Crippen molar-refractivity contribution in [3.8, 4) is 0 Å². The molecule has 2 unspecified atom stereocenters. The van der Waals surface area contributed by atoms with Gasteiger partial charge in [0, 0.05) is 25.7 Å². The Morgan fingerprint density at radius 2 is 2.06 bits per heavy atom. The van der Waals surface area contributed by atoms with Gasteiger partial charge in [-0.25, -0.2) is 0 Å². The van der Waals surface area contributed by atoms with E-state index in [1.807, 2.05) is 6.92 Å². The molecule has 104 valence electrons. The zero-order valence-electron chi connectivity index (χ0n) is 11.7. The highest BCUT2D eigenvalue weighted by Gasteiger charge is 2.45. The first kappa shape index (κ1) is 14.0. The number of rotatable bonds is 4. The smallest absolute Gasteiger partial charge is 0.167 e. The Hall–Kier alpha value is -0.410. The van der Waals surface area contributed by atoms with Crippen molar-refractivity contribution in [2.24, 2.45) is 11.8 Å². The molecule has 1 aliphatic carbocycles. The monoisotopic (exact) mass is 254 g/mol. The highest BCUT2D eigenvalue weighted by atomic mass is 16.5. The molecule has 2 aliphatic rings. The minimum atomic E-state index is -0.478. The van der Waals surface area contributed by atoms with Crippen LogP contribution in [-0.2, 0) is 14.3 Å². The lowest BCUT2D eigenvalue weighted by Crippen LogP contribution is -2.49. The Balaban J connectivity index is 2.09. The summed E-state index contributed by atoms with van der Waals surface area (Å²) >= 11 is 0. The van der Waals surface area contributed by atoms with Gasteiger partial charge in [-0.1, -0.05) is 13.3 Å². The van der Waals surface area contributed by atoms with Gasteiger partial charge >= 0.3 is 0 Å². The Morgan fingerprint density at radius 3 is 2.67 bits per heavy atom. The number of hydrogen-bond donors (Lipinski definition) is 0. The van der Waals surface area contributed by atoms with Crippen LogP contribution in [0.15, 0.2) is 0 Å². The van der Waals surface area contributed by atoms with Crippen molar-refractivity contribution in [3.63, 3.8) is 0 Å². The van der Waals surface area contributed by atoms with Crippen LogP contribution in [0, 0.1) is 11.8 Å². The first-order valence-corrected chi connectivity index (χ1v) is 7.44. The van der Waals surface area contributed by atoms with E-state index in [0.717, 1.165) is 45.3 Å². The maximum absolute atomic E-state index is 12.8. The van der Waals surface area contributed by atoms with Crippen LogP contribution >= 0.6 is 0 Å². The molecule has 1 aliphatic heterocycles. The number of Topliss-reactive ketones (excluding diaryl/α,β-unsaturated/α-hetero) is 1. The number of ketones is 1. The lowest BCUT2D eigenvalue weighted by Gasteiger charge is -2.41. The molecule has 0 bridgehead atoms. The molecule has 0 aromatic heterocycles. The molecule has 0 N–H and O–H groups in total. The maximum Gasteiger partial charge on any atom is 0.167 e. The third-order valence-corrected chi connectivity index (χ3v) is 4.42. The van der Waals surface area contributed by atoms with Gasteiger partial charge in [-0.3, -0.25) is 4.79 Å². The molecular weight excluding hydrogens is 228 g/mol. The van der Waals surface area contributed by atoms with Crippen molar-refractivity contribution < 1.29 is 14.3 Å². The molecule has 1 saturated carbocycles. The van der Waals surface area contributed by atoms with Gasteiger partial charge in [0.1, 0.15) is 5.60 Å². The predicted molar refractivity (Wildman–Crippen MR) is 70.5 cm³/mol. The number of carbonyl (C=O) groups excluding carboxylic acids is 1. The minimum Gasteiger partial charge on any atom is -0.381 e. The summed E-state index contributed by atoms with van der Waals surface area (Å²) in [4.78, 5) is 12.8. The fourth-order valence-corrected chi connectivity index (χ4v) is 3.54. The van der Waals surface area contributed by atoms with Crippen LogP contribution in [0.5, 0.6) is 0 Å². The third kappa shape index (κ3) is 2.94. The molecule has 1 heterocycles. The van der Waals surface area contributed by atoms with E-state index >= 15 is 0 Å². The van der Waals surface area contributed by atoms with Crippen LogP contribution in [0.2, 0.25) is 0 Å². The summed E-state index contributed by atoms with van der Waals surface area (Å²) in [5.41, 5.74) is -0.478. The highest BCUT2D eigenvalue weighted by molar-refractivity contribution is 5.89. The molecular formula is C15H26O3. The van der Waals surface area contributed by atoms with Crippen LogP contribution in [0.25, 0.3) is 0 Å². The second kappa shape index (κ2) is 6.16. The maximum atomic E-state index is 12.8. The van der Waals surface area contributed by atoms with Gasteiger partial charge in [0.2, 0.25) is 0 Å². The van der Waals surface area contributed by atoms with Gasteiger partial charge in [0.25, 0.3) is 0 Å². The molecule has 0 amide bonds. The second-order valence-corrected chi connectivity index (χ2v) is 5.88. The van der Waals surface area contributed by atoms with E-state index < -0.39 is 5.60 Å². The highest BCUT2D eigenvalue weighted by Crippen LogP contribution is 2.39. The lowest BCUT2D eigenvalue weighted by molar-refractivity contribution is -0.158. The van der Waals surface area contributed by atoms with Crippen LogP contribution in [0.4, 0.5) is 0 Å². The normalized spacial score (nSPS) is 34.4. The molecule has 0 aromatic rings. The van der Waals surface area contributed by atoms with Gasteiger partial charge in [0.15, 0.2) is 5.78 Å². The van der Waals surface area contributed by atoms with E-state index in [1.54, 1.807) is 0 Å². The first-order chi connectivity index (χ1) is 8.68. The molecule has 1 saturated heterocycles. The van der Waals surface area contributed by atoms with E-state index in [-0.39, 0.29) is 5.92 Å². The molecule has 0 radical (unpaired) electrons. The summed E-state index contributed by atoms with van der Waals surface area (Å²) in [6.45, 7) is 6.34. The van der Waals surface area contributed by atoms with Crippen LogP contribution in [0.1, 0.15) is 52.4 Å². The van der Waals surface area contributed by atoms with Crippen LogP contribution < -0.4 is 0 Å². The summed E-state index contributed by atoms with van der Waals surface area (Å²) in [6, 6.07) is 0. The van der Waals surface area contributed by atoms with E-state index in [0.29, 0.717) is 18.3 Å². The summed E-state index contributed by atoms with van der Waals surface area (Å²) in [6.07, 6.45) is 5.94. The average molecular weight is 254 g/mol.